The van der Waals surface area contributed by atoms with Crippen LogP contribution in [0.5, 0.6) is 0 Å². The molecular weight excluding hydrogens is 292 g/mol. The highest BCUT2D eigenvalue weighted by Crippen LogP contribution is 2.12. The number of aromatic nitrogens is 1. The summed E-state index contributed by atoms with van der Waals surface area (Å²) in [5.74, 6) is 0.535. The van der Waals surface area contributed by atoms with E-state index in [9.17, 15) is 4.79 Å². The van der Waals surface area contributed by atoms with Gasteiger partial charge in [0.25, 0.3) is 0 Å². The third-order valence-corrected chi connectivity index (χ3v) is 2.99. The quantitative estimate of drug-likeness (QED) is 0.945. The fraction of sp³-hybridized carbons (Fsp3) is 0.143. The molecule has 1 amide bonds. The van der Waals surface area contributed by atoms with Crippen LogP contribution in [0.3, 0.4) is 0 Å². The van der Waals surface area contributed by atoms with E-state index in [1.165, 1.54) is 0 Å². The highest BCUT2D eigenvalue weighted by molar-refractivity contribution is 9.10. The molecular formula is C14H13BrN2O. The Hall–Kier alpha value is -1.68. The minimum absolute atomic E-state index is 0.0598. The van der Waals surface area contributed by atoms with Crippen molar-refractivity contribution in [2.75, 3.05) is 5.32 Å². The van der Waals surface area contributed by atoms with E-state index in [0.717, 1.165) is 15.6 Å². The van der Waals surface area contributed by atoms with Crippen LogP contribution in [0.4, 0.5) is 5.82 Å². The van der Waals surface area contributed by atoms with E-state index in [-0.39, 0.29) is 5.91 Å². The molecule has 0 saturated carbocycles. The predicted octanol–water partition coefficient (Wildman–Crippen LogP) is 3.33. The van der Waals surface area contributed by atoms with Gasteiger partial charge in [0.15, 0.2) is 0 Å². The average Bonchev–Trinajstić information content (AvgIpc) is 2.32. The molecule has 0 aliphatic rings. The Balaban J connectivity index is 1.98. The van der Waals surface area contributed by atoms with Gasteiger partial charge in [0, 0.05) is 10.7 Å². The maximum absolute atomic E-state index is 11.8. The van der Waals surface area contributed by atoms with Crippen LogP contribution >= 0.6 is 15.9 Å². The van der Waals surface area contributed by atoms with Gasteiger partial charge in [0.05, 0.1) is 6.42 Å². The zero-order chi connectivity index (χ0) is 13.0. The van der Waals surface area contributed by atoms with Gasteiger partial charge in [-0.3, -0.25) is 4.79 Å². The van der Waals surface area contributed by atoms with Crippen molar-refractivity contribution in [2.24, 2.45) is 0 Å². The number of rotatable bonds is 3. The van der Waals surface area contributed by atoms with Crippen LogP contribution in [-0.2, 0) is 11.2 Å². The smallest absolute Gasteiger partial charge is 0.229 e. The first-order chi connectivity index (χ1) is 8.63. The Bertz CT molecular complexity index is 552. The Morgan fingerprint density at radius 1 is 1.28 bits per heavy atom. The number of nitrogens with zero attached hydrogens (tertiary/aromatic N) is 1. The molecule has 1 N–H and O–H groups in total. The number of carbonyl (C=O) groups excluding carboxylic acids is 1. The number of anilines is 1. The van der Waals surface area contributed by atoms with Crippen molar-refractivity contribution in [3.63, 3.8) is 0 Å². The molecule has 2 aromatic rings. The SMILES string of the molecule is Cc1ccnc(NC(=O)Cc2ccc(Br)cc2)c1. The molecule has 4 heteroatoms. The molecule has 0 atom stereocenters. The number of amides is 1. The normalized spacial score (nSPS) is 10.1. The second-order valence-electron chi connectivity index (χ2n) is 4.07. The molecule has 0 unspecified atom stereocenters. The number of hydrogen-bond donors (Lipinski definition) is 1. The third-order valence-electron chi connectivity index (χ3n) is 2.46. The topological polar surface area (TPSA) is 42.0 Å². The van der Waals surface area contributed by atoms with E-state index in [1.807, 2.05) is 43.3 Å². The van der Waals surface area contributed by atoms with Crippen LogP contribution in [0, 0.1) is 6.92 Å². The zero-order valence-corrected chi connectivity index (χ0v) is 11.6. The molecule has 0 saturated heterocycles. The van der Waals surface area contributed by atoms with E-state index >= 15 is 0 Å². The van der Waals surface area contributed by atoms with Crippen molar-refractivity contribution < 1.29 is 4.79 Å². The van der Waals surface area contributed by atoms with E-state index < -0.39 is 0 Å². The van der Waals surface area contributed by atoms with Gasteiger partial charge < -0.3 is 5.32 Å². The lowest BCUT2D eigenvalue weighted by Gasteiger charge is -2.05. The Kier molecular flexibility index (Phi) is 4.10. The summed E-state index contributed by atoms with van der Waals surface area (Å²) < 4.78 is 1.01. The van der Waals surface area contributed by atoms with Crippen LogP contribution in [0.25, 0.3) is 0 Å². The van der Waals surface area contributed by atoms with Crippen molar-refractivity contribution in [3.8, 4) is 0 Å². The first kappa shape index (κ1) is 12.8. The van der Waals surface area contributed by atoms with E-state index in [0.29, 0.717) is 12.2 Å². The first-order valence-corrected chi connectivity index (χ1v) is 6.40. The molecule has 1 aromatic heterocycles. The van der Waals surface area contributed by atoms with Gasteiger partial charge >= 0.3 is 0 Å². The van der Waals surface area contributed by atoms with Gasteiger partial charge in [0.2, 0.25) is 5.91 Å². The van der Waals surface area contributed by atoms with Crippen LogP contribution in [0.1, 0.15) is 11.1 Å². The lowest BCUT2D eigenvalue weighted by Crippen LogP contribution is -2.15. The van der Waals surface area contributed by atoms with E-state index in [2.05, 4.69) is 26.2 Å². The number of hydrogen-bond acceptors (Lipinski definition) is 2. The Morgan fingerprint density at radius 3 is 2.67 bits per heavy atom. The van der Waals surface area contributed by atoms with Crippen LogP contribution in [-0.4, -0.2) is 10.9 Å². The van der Waals surface area contributed by atoms with Gasteiger partial charge in [-0.15, -0.1) is 0 Å². The summed E-state index contributed by atoms with van der Waals surface area (Å²) in [7, 11) is 0. The Morgan fingerprint density at radius 2 is 2.00 bits per heavy atom. The molecule has 18 heavy (non-hydrogen) atoms. The molecule has 0 bridgehead atoms. The second kappa shape index (κ2) is 5.78. The highest BCUT2D eigenvalue weighted by Gasteiger charge is 2.04. The van der Waals surface area contributed by atoms with Crippen LogP contribution < -0.4 is 5.32 Å². The van der Waals surface area contributed by atoms with Crippen LogP contribution in [0.15, 0.2) is 47.1 Å². The molecule has 0 radical (unpaired) electrons. The molecule has 0 fully saturated rings. The minimum Gasteiger partial charge on any atom is -0.310 e. The number of halogens is 1. The van der Waals surface area contributed by atoms with Crippen molar-refractivity contribution in [3.05, 3.63) is 58.2 Å². The monoisotopic (exact) mass is 304 g/mol. The van der Waals surface area contributed by atoms with Gasteiger partial charge in [0.1, 0.15) is 5.82 Å². The minimum atomic E-state index is -0.0598. The number of carbonyl (C=O) groups is 1. The molecule has 0 spiro atoms. The van der Waals surface area contributed by atoms with Crippen molar-refractivity contribution in [2.45, 2.75) is 13.3 Å². The average molecular weight is 305 g/mol. The zero-order valence-electron chi connectivity index (χ0n) is 9.98. The molecule has 1 heterocycles. The summed E-state index contributed by atoms with van der Waals surface area (Å²) in [5, 5.41) is 2.78. The fourth-order valence-corrected chi connectivity index (χ4v) is 1.84. The third kappa shape index (κ3) is 3.67. The summed E-state index contributed by atoms with van der Waals surface area (Å²) in [5.41, 5.74) is 2.05. The fourth-order valence-electron chi connectivity index (χ4n) is 1.58. The molecule has 0 aliphatic heterocycles. The van der Waals surface area contributed by atoms with Gasteiger partial charge in [-0.1, -0.05) is 28.1 Å². The van der Waals surface area contributed by atoms with Crippen LogP contribution in [0.2, 0.25) is 0 Å². The summed E-state index contributed by atoms with van der Waals surface area (Å²) in [6.45, 7) is 1.96. The first-order valence-electron chi connectivity index (χ1n) is 5.60. The maximum Gasteiger partial charge on any atom is 0.229 e. The number of nitrogens with one attached hydrogen (secondary N) is 1. The second-order valence-corrected chi connectivity index (χ2v) is 4.99. The summed E-state index contributed by atoms with van der Waals surface area (Å²) in [6, 6.07) is 11.4. The van der Waals surface area contributed by atoms with Gasteiger partial charge in [-0.25, -0.2) is 4.98 Å². The molecule has 2 rings (SSSR count). The maximum atomic E-state index is 11.8. The standard InChI is InChI=1S/C14H13BrN2O/c1-10-6-7-16-13(8-10)17-14(18)9-11-2-4-12(15)5-3-11/h2-8H,9H2,1H3,(H,16,17,18). The predicted molar refractivity (Wildman–Crippen MR) is 75.4 cm³/mol. The van der Waals surface area contributed by atoms with Crippen molar-refractivity contribution in [1.82, 2.24) is 4.98 Å². The molecule has 0 aliphatic carbocycles. The van der Waals surface area contributed by atoms with Crippen molar-refractivity contribution in [1.29, 1.82) is 0 Å². The summed E-state index contributed by atoms with van der Waals surface area (Å²) >= 11 is 3.36. The van der Waals surface area contributed by atoms with Crippen molar-refractivity contribution >= 4 is 27.7 Å². The lowest BCUT2D eigenvalue weighted by atomic mass is 10.1. The molecule has 92 valence electrons. The number of pyridine rings is 1. The van der Waals surface area contributed by atoms with E-state index in [1.54, 1.807) is 6.20 Å². The molecule has 1 aromatic carbocycles. The largest absolute Gasteiger partial charge is 0.310 e. The van der Waals surface area contributed by atoms with Gasteiger partial charge in [-0.05, 0) is 42.3 Å². The summed E-state index contributed by atoms with van der Waals surface area (Å²) in [4.78, 5) is 15.9. The van der Waals surface area contributed by atoms with E-state index in [4.69, 9.17) is 0 Å². The van der Waals surface area contributed by atoms with Gasteiger partial charge in [-0.2, -0.15) is 0 Å². The molecule has 3 nitrogen and oxygen atoms in total. The highest BCUT2D eigenvalue weighted by atomic mass is 79.9. The number of aryl methyl sites for hydroxylation is 1. The number of benzene rings is 1. The lowest BCUT2D eigenvalue weighted by molar-refractivity contribution is -0.115. The Labute approximate surface area is 114 Å². The summed E-state index contributed by atoms with van der Waals surface area (Å²) in [6.07, 6.45) is 2.04.